The number of nitrogens with zero attached hydrogens (tertiary/aromatic N) is 1. The van der Waals surface area contributed by atoms with Crippen LogP contribution in [0.5, 0.6) is 5.88 Å². The lowest BCUT2D eigenvalue weighted by molar-refractivity contribution is 0.451. The fourth-order valence-corrected chi connectivity index (χ4v) is 2.89. The van der Waals surface area contributed by atoms with Crippen molar-refractivity contribution in [2.45, 2.75) is 19.6 Å². The van der Waals surface area contributed by atoms with Crippen molar-refractivity contribution < 1.29 is 5.11 Å². The molecule has 0 unspecified atom stereocenters. The van der Waals surface area contributed by atoms with Crippen LogP contribution in [0.2, 0.25) is 5.02 Å². The Bertz CT molecular complexity index is 668. The second-order valence-electron chi connectivity index (χ2n) is 5.13. The average Bonchev–Trinajstić information content (AvgIpc) is 2.40. The number of aromatic nitrogens is 2. The van der Waals surface area contributed by atoms with Crippen LogP contribution in [0.3, 0.4) is 0 Å². The van der Waals surface area contributed by atoms with E-state index >= 15 is 0 Å². The van der Waals surface area contributed by atoms with Crippen LogP contribution in [0, 0.1) is 5.92 Å². The van der Waals surface area contributed by atoms with Crippen molar-refractivity contribution in [1.29, 1.82) is 0 Å². The predicted octanol–water partition coefficient (Wildman–Crippen LogP) is 3.69. The van der Waals surface area contributed by atoms with Crippen LogP contribution in [-0.4, -0.2) is 20.8 Å². The second-order valence-corrected chi connectivity index (χ2v) is 6.59. The number of rotatable bonds is 5. The van der Waals surface area contributed by atoms with Gasteiger partial charge in [-0.2, -0.15) is 16.7 Å². The number of hydrogen-bond acceptors (Lipinski definition) is 4. The van der Waals surface area contributed by atoms with Crippen molar-refractivity contribution >= 4 is 23.4 Å². The normalized spacial score (nSPS) is 11.0. The molecule has 0 fully saturated rings. The minimum absolute atomic E-state index is 0.171. The van der Waals surface area contributed by atoms with Crippen LogP contribution in [0.4, 0.5) is 0 Å². The van der Waals surface area contributed by atoms with Gasteiger partial charge in [-0.25, -0.2) is 0 Å². The van der Waals surface area contributed by atoms with E-state index in [9.17, 15) is 9.90 Å². The zero-order valence-electron chi connectivity index (χ0n) is 11.9. The molecule has 1 heterocycles. The van der Waals surface area contributed by atoms with E-state index < -0.39 is 0 Å². The molecule has 1 aromatic carbocycles. The maximum Gasteiger partial charge on any atom is 0.262 e. The highest BCUT2D eigenvalue weighted by molar-refractivity contribution is 7.98. The molecule has 0 saturated heterocycles. The fraction of sp³-hybridized carbons (Fsp3) is 0.333. The first-order chi connectivity index (χ1) is 9.97. The van der Waals surface area contributed by atoms with Gasteiger partial charge in [0.2, 0.25) is 5.88 Å². The van der Waals surface area contributed by atoms with Crippen LogP contribution >= 0.6 is 23.4 Å². The molecule has 2 aromatic rings. The molecule has 4 nitrogen and oxygen atoms in total. The molecule has 0 aliphatic rings. The highest BCUT2D eigenvalue weighted by Gasteiger charge is 2.13. The zero-order chi connectivity index (χ0) is 15.4. The van der Waals surface area contributed by atoms with Gasteiger partial charge in [-0.05, 0) is 29.4 Å². The molecule has 21 heavy (non-hydrogen) atoms. The topological polar surface area (TPSA) is 66.0 Å². The number of aromatic hydroxyl groups is 1. The summed E-state index contributed by atoms with van der Waals surface area (Å²) < 4.78 is 0. The molecule has 6 heteroatoms. The van der Waals surface area contributed by atoms with Crippen molar-refractivity contribution in [1.82, 2.24) is 9.97 Å². The molecule has 0 amide bonds. The smallest absolute Gasteiger partial charge is 0.262 e. The number of hydrogen-bond donors (Lipinski definition) is 2. The Morgan fingerprint density at radius 1 is 1.33 bits per heavy atom. The average molecular weight is 325 g/mol. The highest BCUT2D eigenvalue weighted by Crippen LogP contribution is 2.25. The monoisotopic (exact) mass is 324 g/mol. The summed E-state index contributed by atoms with van der Waals surface area (Å²) in [6, 6.07) is 6.70. The standard InChI is InChI=1S/C15H17ClN2O2S/c1-9(2)7-21-8-12-17-14(19)13(15(20)18-12)10-3-5-11(16)6-4-10/h3-6,9H,7-8H2,1-2H3,(H2,17,18,19,20). The number of benzene rings is 1. The Kier molecular flexibility index (Phi) is 5.31. The number of nitrogens with one attached hydrogen (secondary N) is 1. The van der Waals surface area contributed by atoms with E-state index in [2.05, 4.69) is 23.8 Å². The van der Waals surface area contributed by atoms with Gasteiger partial charge in [0.1, 0.15) is 11.4 Å². The molecular weight excluding hydrogens is 308 g/mol. The Morgan fingerprint density at radius 3 is 2.57 bits per heavy atom. The van der Waals surface area contributed by atoms with E-state index in [4.69, 9.17) is 11.6 Å². The molecule has 2 N–H and O–H groups in total. The van der Waals surface area contributed by atoms with Gasteiger partial charge in [-0.15, -0.1) is 0 Å². The van der Waals surface area contributed by atoms with Crippen LogP contribution in [0.15, 0.2) is 29.1 Å². The molecule has 0 radical (unpaired) electrons. The maximum absolute atomic E-state index is 12.1. The van der Waals surface area contributed by atoms with Crippen molar-refractivity contribution in [3.05, 3.63) is 45.5 Å². The van der Waals surface area contributed by atoms with Crippen LogP contribution in [-0.2, 0) is 5.75 Å². The Labute approximate surface area is 132 Å². The molecule has 0 saturated carbocycles. The minimum Gasteiger partial charge on any atom is -0.493 e. The first kappa shape index (κ1) is 15.9. The second kappa shape index (κ2) is 7.00. The lowest BCUT2D eigenvalue weighted by Crippen LogP contribution is -2.13. The number of H-pyrrole nitrogens is 1. The van der Waals surface area contributed by atoms with Gasteiger partial charge in [-0.1, -0.05) is 37.6 Å². The van der Waals surface area contributed by atoms with Crippen molar-refractivity contribution in [2.24, 2.45) is 5.92 Å². The SMILES string of the molecule is CC(C)CSCc1nc(O)c(-c2ccc(Cl)cc2)c(=O)[nH]1. The molecular formula is C15H17ClN2O2S. The van der Waals surface area contributed by atoms with E-state index in [1.165, 1.54) is 0 Å². The third-order valence-electron chi connectivity index (χ3n) is 2.77. The quantitative estimate of drug-likeness (QED) is 0.880. The third-order valence-corrected chi connectivity index (χ3v) is 4.40. The lowest BCUT2D eigenvalue weighted by atomic mass is 10.1. The fourth-order valence-electron chi connectivity index (χ4n) is 1.84. The number of thioether (sulfide) groups is 1. The van der Waals surface area contributed by atoms with E-state index in [-0.39, 0.29) is 17.0 Å². The molecule has 0 aliphatic heterocycles. The molecule has 1 aromatic heterocycles. The molecule has 0 bridgehead atoms. The van der Waals surface area contributed by atoms with Crippen LogP contribution < -0.4 is 5.56 Å². The van der Waals surface area contributed by atoms with Gasteiger partial charge >= 0.3 is 0 Å². The maximum atomic E-state index is 12.1. The van der Waals surface area contributed by atoms with Crippen LogP contribution in [0.1, 0.15) is 19.7 Å². The predicted molar refractivity (Wildman–Crippen MR) is 88.0 cm³/mol. The summed E-state index contributed by atoms with van der Waals surface area (Å²) in [5.41, 5.74) is 0.418. The van der Waals surface area contributed by atoms with Gasteiger partial charge in [0.05, 0.1) is 5.75 Å². The van der Waals surface area contributed by atoms with Crippen molar-refractivity contribution in [3.63, 3.8) is 0 Å². The molecule has 0 spiro atoms. The number of aromatic amines is 1. The summed E-state index contributed by atoms with van der Waals surface area (Å²) in [4.78, 5) is 18.9. The first-order valence-electron chi connectivity index (χ1n) is 6.63. The van der Waals surface area contributed by atoms with Gasteiger partial charge in [0.15, 0.2) is 0 Å². The minimum atomic E-state index is -0.343. The van der Waals surface area contributed by atoms with Gasteiger partial charge in [0.25, 0.3) is 5.56 Å². The van der Waals surface area contributed by atoms with Crippen molar-refractivity contribution in [2.75, 3.05) is 5.75 Å². The van der Waals surface area contributed by atoms with Crippen molar-refractivity contribution in [3.8, 4) is 17.0 Å². The van der Waals surface area contributed by atoms with E-state index in [0.717, 1.165) is 5.75 Å². The molecule has 2 rings (SSSR count). The van der Waals surface area contributed by atoms with Crippen LogP contribution in [0.25, 0.3) is 11.1 Å². The largest absolute Gasteiger partial charge is 0.493 e. The summed E-state index contributed by atoms with van der Waals surface area (Å²) in [6.45, 7) is 4.26. The summed E-state index contributed by atoms with van der Waals surface area (Å²) in [6.07, 6.45) is 0. The molecule has 0 aliphatic carbocycles. The molecule has 0 atom stereocenters. The third kappa shape index (κ3) is 4.25. The zero-order valence-corrected chi connectivity index (χ0v) is 13.5. The summed E-state index contributed by atoms with van der Waals surface area (Å²) >= 11 is 7.49. The summed E-state index contributed by atoms with van der Waals surface area (Å²) in [5, 5.41) is 10.6. The van der Waals surface area contributed by atoms with Gasteiger partial charge in [-0.3, -0.25) is 4.79 Å². The van der Waals surface area contributed by atoms with E-state index in [1.807, 2.05) is 0 Å². The first-order valence-corrected chi connectivity index (χ1v) is 8.16. The lowest BCUT2D eigenvalue weighted by Gasteiger charge is -2.07. The molecule has 112 valence electrons. The Balaban J connectivity index is 2.25. The summed E-state index contributed by atoms with van der Waals surface area (Å²) in [7, 11) is 0. The summed E-state index contributed by atoms with van der Waals surface area (Å²) in [5.74, 6) is 2.36. The highest BCUT2D eigenvalue weighted by atomic mass is 35.5. The Hall–Kier alpha value is -1.46. The van der Waals surface area contributed by atoms with Gasteiger partial charge in [0, 0.05) is 5.02 Å². The number of halogens is 1. The van der Waals surface area contributed by atoms with Gasteiger partial charge < -0.3 is 10.1 Å². The van der Waals surface area contributed by atoms with E-state index in [1.54, 1.807) is 36.0 Å². The Morgan fingerprint density at radius 2 is 2.00 bits per heavy atom. The van der Waals surface area contributed by atoms with E-state index in [0.29, 0.717) is 28.1 Å².